The summed E-state index contributed by atoms with van der Waals surface area (Å²) in [6, 6.07) is 7.31. The molecule has 0 radical (unpaired) electrons. The third-order valence-corrected chi connectivity index (χ3v) is 10.5. The standard InChI is InChI=1S/C24H32BrCl3O5Si/c1-7-31-21(29)15-19(33-34(5,6)23(2,3)4)9-8-10-20(17-11-13-18(25)14-12-17)22(30)32-16-24(26,27)28/h8-9,11-15,20H,7,10,16H2,1-6H3/b9-8+,19-15-/t20-/m0/s1. The summed E-state index contributed by atoms with van der Waals surface area (Å²) >= 11 is 20.6. The van der Waals surface area contributed by atoms with Crippen molar-refractivity contribution in [1.82, 2.24) is 0 Å². The number of hydrogen-bond acceptors (Lipinski definition) is 5. The molecule has 1 rings (SSSR count). The van der Waals surface area contributed by atoms with E-state index in [1.54, 1.807) is 19.1 Å². The van der Waals surface area contributed by atoms with Crippen molar-refractivity contribution in [3.63, 3.8) is 0 Å². The van der Waals surface area contributed by atoms with Gasteiger partial charge in [-0.05, 0) is 55.2 Å². The van der Waals surface area contributed by atoms with Crippen LogP contribution in [0.4, 0.5) is 0 Å². The second-order valence-corrected chi connectivity index (χ2v) is 17.3. The fourth-order valence-electron chi connectivity index (χ4n) is 2.50. The summed E-state index contributed by atoms with van der Waals surface area (Å²) in [5.41, 5.74) is 0.739. The summed E-state index contributed by atoms with van der Waals surface area (Å²) in [7, 11) is -2.23. The molecular formula is C24H32BrCl3O5Si. The molecule has 0 aliphatic carbocycles. The molecule has 190 valence electrons. The van der Waals surface area contributed by atoms with Crippen molar-refractivity contribution < 1.29 is 23.5 Å². The number of allylic oxidation sites excluding steroid dienone is 2. The highest BCUT2D eigenvalue weighted by atomic mass is 79.9. The van der Waals surface area contributed by atoms with Crippen LogP contribution < -0.4 is 0 Å². The van der Waals surface area contributed by atoms with Gasteiger partial charge in [0, 0.05) is 4.47 Å². The Balaban J connectivity index is 3.18. The zero-order chi connectivity index (χ0) is 26.2. The van der Waals surface area contributed by atoms with E-state index in [1.807, 2.05) is 24.3 Å². The zero-order valence-corrected chi connectivity index (χ0v) is 25.1. The van der Waals surface area contributed by atoms with E-state index < -0.39 is 30.0 Å². The van der Waals surface area contributed by atoms with Gasteiger partial charge in [-0.25, -0.2) is 4.79 Å². The predicted molar refractivity (Wildman–Crippen MR) is 145 cm³/mol. The van der Waals surface area contributed by atoms with Crippen LogP contribution in [-0.2, 0) is 23.5 Å². The van der Waals surface area contributed by atoms with Gasteiger partial charge in [-0.1, -0.05) is 89.7 Å². The second kappa shape index (κ2) is 13.4. The molecule has 0 spiro atoms. The van der Waals surface area contributed by atoms with Gasteiger partial charge in [-0.2, -0.15) is 0 Å². The van der Waals surface area contributed by atoms with Crippen molar-refractivity contribution in [2.75, 3.05) is 13.2 Å². The molecule has 0 unspecified atom stereocenters. The van der Waals surface area contributed by atoms with Gasteiger partial charge in [0.25, 0.3) is 0 Å². The Labute approximate surface area is 227 Å². The predicted octanol–water partition coefficient (Wildman–Crippen LogP) is 7.86. The summed E-state index contributed by atoms with van der Waals surface area (Å²) in [5, 5.41) is -0.0739. The molecule has 1 atom stereocenters. The largest absolute Gasteiger partial charge is 0.543 e. The Bertz CT molecular complexity index is 887. The highest BCUT2D eigenvalue weighted by Gasteiger charge is 2.39. The number of hydrogen-bond donors (Lipinski definition) is 0. The van der Waals surface area contributed by atoms with Crippen molar-refractivity contribution in [3.8, 4) is 0 Å². The third-order valence-electron chi connectivity index (χ3n) is 5.31. The molecule has 0 heterocycles. The molecule has 0 aliphatic rings. The smallest absolute Gasteiger partial charge is 0.334 e. The van der Waals surface area contributed by atoms with Crippen LogP contribution in [0.1, 0.15) is 45.6 Å². The molecular weight excluding hydrogens is 583 g/mol. The Morgan fingerprint density at radius 3 is 2.18 bits per heavy atom. The molecule has 0 saturated heterocycles. The van der Waals surface area contributed by atoms with Gasteiger partial charge in [0.05, 0.1) is 18.6 Å². The average Bonchev–Trinajstić information content (AvgIpc) is 2.68. The minimum absolute atomic E-state index is 0.0739. The van der Waals surface area contributed by atoms with Crippen LogP contribution in [0.15, 0.2) is 52.7 Å². The van der Waals surface area contributed by atoms with E-state index in [0.717, 1.165) is 10.0 Å². The average molecular weight is 615 g/mol. The Morgan fingerprint density at radius 1 is 1.09 bits per heavy atom. The van der Waals surface area contributed by atoms with E-state index in [2.05, 4.69) is 49.8 Å². The normalized spacial score (nSPS) is 14.1. The van der Waals surface area contributed by atoms with E-state index in [0.29, 0.717) is 5.76 Å². The molecule has 10 heteroatoms. The first-order valence-electron chi connectivity index (χ1n) is 10.8. The van der Waals surface area contributed by atoms with Crippen LogP contribution in [0.2, 0.25) is 18.1 Å². The lowest BCUT2D eigenvalue weighted by Gasteiger charge is -2.36. The van der Waals surface area contributed by atoms with Gasteiger partial charge in [0.1, 0.15) is 12.4 Å². The minimum Gasteiger partial charge on any atom is -0.543 e. The molecule has 0 fully saturated rings. The molecule has 0 aromatic heterocycles. The van der Waals surface area contributed by atoms with Crippen LogP contribution in [-0.4, -0.2) is 37.3 Å². The lowest BCUT2D eigenvalue weighted by atomic mass is 9.95. The van der Waals surface area contributed by atoms with Crippen LogP contribution >= 0.6 is 50.7 Å². The van der Waals surface area contributed by atoms with E-state index in [4.69, 9.17) is 48.7 Å². The van der Waals surface area contributed by atoms with Crippen LogP contribution in [0, 0.1) is 0 Å². The Kier molecular flexibility index (Phi) is 12.2. The van der Waals surface area contributed by atoms with E-state index in [9.17, 15) is 9.59 Å². The number of carbonyl (C=O) groups is 2. The van der Waals surface area contributed by atoms with Crippen LogP contribution in [0.5, 0.6) is 0 Å². The van der Waals surface area contributed by atoms with Gasteiger partial charge in [0.15, 0.2) is 0 Å². The molecule has 0 aliphatic heterocycles. The van der Waals surface area contributed by atoms with E-state index >= 15 is 0 Å². The fraction of sp³-hybridized carbons (Fsp3) is 0.500. The topological polar surface area (TPSA) is 61.8 Å². The number of rotatable bonds is 10. The molecule has 0 N–H and O–H groups in total. The van der Waals surface area contributed by atoms with Gasteiger partial charge >= 0.3 is 11.9 Å². The Hall–Kier alpha value is -0.993. The van der Waals surface area contributed by atoms with Crippen molar-refractivity contribution in [3.05, 3.63) is 58.3 Å². The van der Waals surface area contributed by atoms with Crippen molar-refractivity contribution in [1.29, 1.82) is 0 Å². The summed E-state index contributed by atoms with van der Waals surface area (Å²) in [6.07, 6.45) is 5.06. The first kappa shape index (κ1) is 31.0. The molecule has 0 bridgehead atoms. The highest BCUT2D eigenvalue weighted by molar-refractivity contribution is 9.10. The molecule has 0 amide bonds. The van der Waals surface area contributed by atoms with Crippen LogP contribution in [0.25, 0.3) is 0 Å². The molecule has 5 nitrogen and oxygen atoms in total. The number of alkyl halides is 3. The summed E-state index contributed by atoms with van der Waals surface area (Å²) in [5.74, 6) is -1.28. The summed E-state index contributed by atoms with van der Waals surface area (Å²) in [6.45, 7) is 12.1. The second-order valence-electron chi connectivity index (χ2n) is 9.13. The van der Waals surface area contributed by atoms with Crippen molar-refractivity contribution in [2.45, 2.75) is 62.0 Å². The van der Waals surface area contributed by atoms with Gasteiger partial charge in [-0.3, -0.25) is 4.79 Å². The van der Waals surface area contributed by atoms with Crippen LogP contribution in [0.3, 0.4) is 0 Å². The molecule has 1 aromatic rings. The van der Waals surface area contributed by atoms with E-state index in [-0.39, 0.29) is 24.7 Å². The SMILES string of the molecule is CCOC(=O)/C=C(/C=C/C[C@H](C(=O)OCC(Cl)(Cl)Cl)c1ccc(Br)cc1)O[Si](C)(C)C(C)(C)C. The summed E-state index contributed by atoms with van der Waals surface area (Å²) in [4.78, 5) is 24.9. The number of halogens is 4. The number of carbonyl (C=O) groups excluding carboxylic acids is 2. The van der Waals surface area contributed by atoms with Gasteiger partial charge in [0.2, 0.25) is 12.1 Å². The number of ether oxygens (including phenoxy) is 2. The molecule has 1 aromatic carbocycles. The fourth-order valence-corrected chi connectivity index (χ4v) is 3.95. The quantitative estimate of drug-likeness (QED) is 0.0671. The zero-order valence-electron chi connectivity index (χ0n) is 20.3. The third kappa shape index (κ3) is 11.2. The van der Waals surface area contributed by atoms with Crippen molar-refractivity contribution >= 4 is 71.0 Å². The number of benzene rings is 1. The molecule has 0 saturated carbocycles. The maximum absolute atomic E-state index is 12.8. The Morgan fingerprint density at radius 2 is 1.68 bits per heavy atom. The molecule has 34 heavy (non-hydrogen) atoms. The van der Waals surface area contributed by atoms with Gasteiger partial charge < -0.3 is 13.9 Å². The minimum atomic E-state index is -2.23. The maximum atomic E-state index is 12.8. The lowest BCUT2D eigenvalue weighted by molar-refractivity contribution is -0.145. The monoisotopic (exact) mass is 612 g/mol. The lowest BCUT2D eigenvalue weighted by Crippen LogP contribution is -2.40. The maximum Gasteiger partial charge on any atom is 0.334 e. The first-order valence-corrected chi connectivity index (χ1v) is 15.6. The van der Waals surface area contributed by atoms with Crippen molar-refractivity contribution in [2.24, 2.45) is 0 Å². The van der Waals surface area contributed by atoms with Gasteiger partial charge in [-0.15, -0.1) is 0 Å². The highest BCUT2D eigenvalue weighted by Crippen LogP contribution is 2.38. The first-order chi connectivity index (χ1) is 15.6. The van der Waals surface area contributed by atoms with E-state index in [1.165, 1.54) is 6.08 Å². The summed E-state index contributed by atoms with van der Waals surface area (Å²) < 4.78 is 15.8. The number of esters is 2.